The average Bonchev–Trinajstić information content (AvgIpc) is 2.57. The number of benzene rings is 2. The zero-order chi connectivity index (χ0) is 17.2. The zero-order valence-corrected chi connectivity index (χ0v) is 14.3. The van der Waals surface area contributed by atoms with Crippen molar-refractivity contribution in [3.63, 3.8) is 0 Å². The molecule has 2 aromatic carbocycles. The van der Waals surface area contributed by atoms with Crippen LogP contribution in [0.5, 0.6) is 0 Å². The number of nitrogens with zero attached hydrogens (tertiary/aromatic N) is 1. The van der Waals surface area contributed by atoms with E-state index in [9.17, 15) is 13.2 Å². The Morgan fingerprint density at radius 3 is 2.67 bits per heavy atom. The van der Waals surface area contributed by atoms with Crippen LogP contribution >= 0.6 is 0 Å². The van der Waals surface area contributed by atoms with Gasteiger partial charge in [-0.25, -0.2) is 13.1 Å². The molecular weight excluding hydrogens is 324 g/mol. The molecule has 2 aromatic rings. The highest BCUT2D eigenvalue weighted by Gasteiger charge is 2.24. The summed E-state index contributed by atoms with van der Waals surface area (Å²) in [4.78, 5) is 14.1. The summed E-state index contributed by atoms with van der Waals surface area (Å²) in [7, 11) is -3.57. The van der Waals surface area contributed by atoms with E-state index in [1.807, 2.05) is 37.3 Å². The number of amides is 1. The maximum atomic E-state index is 12.3. The van der Waals surface area contributed by atoms with E-state index in [1.54, 1.807) is 23.1 Å². The van der Waals surface area contributed by atoms with E-state index >= 15 is 0 Å². The normalized spacial score (nSPS) is 14.5. The van der Waals surface area contributed by atoms with Crippen LogP contribution in [0, 0.1) is 6.92 Å². The number of rotatable bonds is 5. The summed E-state index contributed by atoms with van der Waals surface area (Å²) in [6.07, 6.45) is 1.20. The second-order valence-corrected chi connectivity index (χ2v) is 7.66. The molecule has 1 aliphatic heterocycles. The second kappa shape index (κ2) is 6.75. The Balaban J connectivity index is 1.69. The number of hydrogen-bond donors (Lipinski definition) is 1. The number of sulfonamides is 1. The maximum Gasteiger partial charge on any atom is 0.240 e. The number of nitrogens with one attached hydrogen (secondary N) is 1. The highest BCUT2D eigenvalue weighted by Crippen LogP contribution is 2.27. The van der Waals surface area contributed by atoms with Crippen LogP contribution < -0.4 is 9.62 Å². The molecule has 0 aliphatic carbocycles. The first-order valence-corrected chi connectivity index (χ1v) is 9.40. The van der Waals surface area contributed by atoms with E-state index in [-0.39, 0.29) is 17.3 Å². The van der Waals surface area contributed by atoms with Crippen LogP contribution in [0.15, 0.2) is 53.4 Å². The van der Waals surface area contributed by atoms with Gasteiger partial charge in [-0.15, -0.1) is 0 Å². The third-order valence-electron chi connectivity index (χ3n) is 4.12. The molecule has 24 heavy (non-hydrogen) atoms. The summed E-state index contributed by atoms with van der Waals surface area (Å²) >= 11 is 0. The summed E-state index contributed by atoms with van der Waals surface area (Å²) in [5.41, 5.74) is 2.89. The lowest BCUT2D eigenvalue weighted by atomic mass is 10.0. The van der Waals surface area contributed by atoms with Crippen LogP contribution in [0.1, 0.15) is 17.5 Å². The van der Waals surface area contributed by atoms with E-state index < -0.39 is 10.0 Å². The van der Waals surface area contributed by atoms with Crippen molar-refractivity contribution in [2.45, 2.75) is 24.7 Å². The van der Waals surface area contributed by atoms with Gasteiger partial charge in [0.05, 0.1) is 4.90 Å². The molecule has 0 saturated carbocycles. The molecule has 1 amide bonds. The molecule has 1 heterocycles. The smallest absolute Gasteiger partial charge is 0.240 e. The van der Waals surface area contributed by atoms with Crippen molar-refractivity contribution in [2.75, 3.05) is 18.0 Å². The molecule has 0 spiro atoms. The third-order valence-corrected chi connectivity index (χ3v) is 5.58. The Morgan fingerprint density at radius 1 is 1.08 bits per heavy atom. The van der Waals surface area contributed by atoms with E-state index in [2.05, 4.69) is 4.72 Å². The fourth-order valence-electron chi connectivity index (χ4n) is 2.90. The van der Waals surface area contributed by atoms with Gasteiger partial charge in [-0.3, -0.25) is 4.79 Å². The number of hydrogen-bond acceptors (Lipinski definition) is 3. The van der Waals surface area contributed by atoms with E-state index in [0.717, 1.165) is 23.2 Å². The van der Waals surface area contributed by atoms with Gasteiger partial charge in [0.25, 0.3) is 0 Å². The van der Waals surface area contributed by atoms with Gasteiger partial charge >= 0.3 is 0 Å². The Hall–Kier alpha value is -2.18. The fourth-order valence-corrected chi connectivity index (χ4v) is 4.02. The average molecular weight is 344 g/mol. The molecule has 3 rings (SSSR count). The Labute approximate surface area is 142 Å². The van der Waals surface area contributed by atoms with Gasteiger partial charge in [-0.05, 0) is 42.7 Å². The highest BCUT2D eigenvalue weighted by molar-refractivity contribution is 7.89. The Morgan fingerprint density at radius 2 is 1.88 bits per heavy atom. The molecule has 0 aromatic heterocycles. The molecule has 6 heteroatoms. The first kappa shape index (κ1) is 16.7. The van der Waals surface area contributed by atoms with Gasteiger partial charge in [-0.1, -0.05) is 30.3 Å². The number of fused-ring (bicyclic) bond motifs is 1. The lowest BCUT2D eigenvalue weighted by Gasteiger charge is -2.29. The number of para-hydroxylation sites is 1. The van der Waals surface area contributed by atoms with Gasteiger partial charge in [0, 0.05) is 25.2 Å². The molecule has 0 radical (unpaired) electrons. The number of carbonyl (C=O) groups is 1. The minimum Gasteiger partial charge on any atom is -0.311 e. The lowest BCUT2D eigenvalue weighted by Crippen LogP contribution is -2.41. The Bertz CT molecular complexity index is 862. The van der Waals surface area contributed by atoms with Crippen molar-refractivity contribution in [1.82, 2.24) is 4.72 Å². The molecule has 0 atom stereocenters. The highest BCUT2D eigenvalue weighted by atomic mass is 32.2. The second-order valence-electron chi connectivity index (χ2n) is 5.89. The molecule has 0 saturated heterocycles. The summed E-state index contributed by atoms with van der Waals surface area (Å²) in [5.74, 6) is 0.0310. The molecule has 1 aliphatic rings. The molecule has 1 N–H and O–H groups in total. The molecule has 5 nitrogen and oxygen atoms in total. The monoisotopic (exact) mass is 344 g/mol. The van der Waals surface area contributed by atoms with Crippen molar-refractivity contribution >= 4 is 21.6 Å². The molecule has 0 unspecified atom stereocenters. The lowest BCUT2D eigenvalue weighted by molar-refractivity contribution is -0.118. The summed E-state index contributed by atoms with van der Waals surface area (Å²) in [6, 6.07) is 14.5. The van der Waals surface area contributed by atoms with Gasteiger partial charge in [0.2, 0.25) is 15.9 Å². The van der Waals surface area contributed by atoms with Crippen LogP contribution in [0.3, 0.4) is 0 Å². The van der Waals surface area contributed by atoms with E-state index in [1.165, 1.54) is 0 Å². The van der Waals surface area contributed by atoms with Crippen LogP contribution in [-0.2, 0) is 21.2 Å². The van der Waals surface area contributed by atoms with Crippen molar-refractivity contribution in [1.29, 1.82) is 0 Å². The van der Waals surface area contributed by atoms with Crippen molar-refractivity contribution in [3.8, 4) is 0 Å². The van der Waals surface area contributed by atoms with Gasteiger partial charge in [0.1, 0.15) is 0 Å². The number of carbonyl (C=O) groups excluding carboxylic acids is 1. The quantitative estimate of drug-likeness (QED) is 0.905. The van der Waals surface area contributed by atoms with Gasteiger partial charge in [-0.2, -0.15) is 0 Å². The zero-order valence-electron chi connectivity index (χ0n) is 13.5. The largest absolute Gasteiger partial charge is 0.311 e. The van der Waals surface area contributed by atoms with Crippen LogP contribution in [0.25, 0.3) is 0 Å². The molecule has 126 valence electrons. The van der Waals surface area contributed by atoms with Gasteiger partial charge < -0.3 is 4.90 Å². The van der Waals surface area contributed by atoms with Crippen LogP contribution in [0.2, 0.25) is 0 Å². The maximum absolute atomic E-state index is 12.3. The molecule has 0 fully saturated rings. The van der Waals surface area contributed by atoms with Crippen LogP contribution in [0.4, 0.5) is 5.69 Å². The summed E-state index contributed by atoms with van der Waals surface area (Å²) in [6.45, 7) is 2.35. The fraction of sp³-hybridized carbons (Fsp3) is 0.278. The van der Waals surface area contributed by atoms with Crippen molar-refractivity contribution in [3.05, 3.63) is 59.7 Å². The predicted octanol–water partition coefficient (Wildman–Crippen LogP) is 2.25. The van der Waals surface area contributed by atoms with Crippen molar-refractivity contribution in [2.24, 2.45) is 0 Å². The van der Waals surface area contributed by atoms with Crippen molar-refractivity contribution < 1.29 is 13.2 Å². The Kier molecular flexibility index (Phi) is 4.69. The molecular formula is C18H20N2O3S. The topological polar surface area (TPSA) is 66.5 Å². The minimum atomic E-state index is -3.57. The number of aryl methyl sites for hydroxylation is 2. The van der Waals surface area contributed by atoms with Gasteiger partial charge in [0.15, 0.2) is 0 Å². The summed E-state index contributed by atoms with van der Waals surface area (Å²) < 4.78 is 27.3. The van der Waals surface area contributed by atoms with E-state index in [0.29, 0.717) is 13.0 Å². The number of anilines is 1. The first-order chi connectivity index (χ1) is 11.5. The molecule has 0 bridgehead atoms. The SMILES string of the molecule is Cc1cccc(S(=O)(=O)NCCN2C(=O)CCc3ccccc32)c1. The third kappa shape index (κ3) is 3.49. The standard InChI is InChI=1S/C18H20N2O3S/c1-14-5-4-7-16(13-14)24(22,23)19-11-12-20-17-8-3-2-6-15(17)9-10-18(20)21/h2-8,13,19H,9-12H2,1H3. The summed E-state index contributed by atoms with van der Waals surface area (Å²) in [5, 5.41) is 0. The minimum absolute atomic E-state index is 0.0310. The van der Waals surface area contributed by atoms with E-state index in [4.69, 9.17) is 0 Å². The first-order valence-electron chi connectivity index (χ1n) is 7.92. The predicted molar refractivity (Wildman–Crippen MR) is 93.5 cm³/mol. The van der Waals surface area contributed by atoms with Crippen LogP contribution in [-0.4, -0.2) is 27.4 Å².